The number of fused-ring (bicyclic) bond motifs is 1. The lowest BCUT2D eigenvalue weighted by atomic mass is 9.98. The van der Waals surface area contributed by atoms with Crippen LogP contribution in [0.1, 0.15) is 15.9 Å². The Morgan fingerprint density at radius 1 is 1.14 bits per heavy atom. The van der Waals surface area contributed by atoms with Gasteiger partial charge >= 0.3 is 0 Å². The molecule has 0 aliphatic carbocycles. The van der Waals surface area contributed by atoms with Crippen LogP contribution in [0.25, 0.3) is 22.3 Å². The zero-order valence-electron chi connectivity index (χ0n) is 16.1. The van der Waals surface area contributed by atoms with Crippen molar-refractivity contribution in [1.29, 1.82) is 0 Å². The first-order chi connectivity index (χ1) is 14.0. The normalized spacial score (nSPS) is 19.7. The van der Waals surface area contributed by atoms with Crippen molar-refractivity contribution in [2.45, 2.75) is 18.6 Å². The molecule has 3 aromatic rings. The quantitative estimate of drug-likeness (QED) is 0.524. The summed E-state index contributed by atoms with van der Waals surface area (Å²) in [6.45, 7) is 1.28. The van der Waals surface area contributed by atoms with Crippen molar-refractivity contribution in [3.05, 3.63) is 53.6 Å². The Labute approximate surface area is 168 Å². The van der Waals surface area contributed by atoms with E-state index in [4.69, 9.17) is 4.42 Å². The van der Waals surface area contributed by atoms with Crippen LogP contribution >= 0.6 is 0 Å². The number of phenols is 1. The number of benzene rings is 2. The Hall–Kier alpha value is -2.87. The molecule has 4 N–H and O–H groups in total. The standard InChI is InChI=1S/C22H24N2O5/c1-23-22(28)20-19-14(9-10-24-11-16(26)17(27)12-24)15(25)7-8-18(19)29-21(20)13-5-3-2-4-6-13/h2-8,16-17,25-27H,9-12H2,1H3,(H,23,28). The third kappa shape index (κ3) is 3.60. The molecule has 1 aliphatic heterocycles. The maximum Gasteiger partial charge on any atom is 0.255 e. The summed E-state index contributed by atoms with van der Waals surface area (Å²) in [6, 6.07) is 12.6. The Morgan fingerprint density at radius 2 is 1.83 bits per heavy atom. The molecule has 4 rings (SSSR count). The largest absolute Gasteiger partial charge is 0.508 e. The number of aliphatic hydroxyl groups is 2. The van der Waals surface area contributed by atoms with Gasteiger partial charge in [0.25, 0.3) is 5.91 Å². The van der Waals surface area contributed by atoms with E-state index in [1.54, 1.807) is 19.2 Å². The number of phenolic OH excluding ortho intramolecular Hbond substituents is 1. The topological polar surface area (TPSA) is 106 Å². The molecule has 1 saturated heterocycles. The first kappa shape index (κ1) is 19.4. The van der Waals surface area contributed by atoms with Gasteiger partial charge in [-0.2, -0.15) is 0 Å². The summed E-state index contributed by atoms with van der Waals surface area (Å²) in [4.78, 5) is 14.7. The summed E-state index contributed by atoms with van der Waals surface area (Å²) in [5.41, 5.74) is 2.30. The predicted molar refractivity (Wildman–Crippen MR) is 109 cm³/mol. The molecule has 2 unspecified atom stereocenters. The monoisotopic (exact) mass is 396 g/mol. The molecule has 29 heavy (non-hydrogen) atoms. The highest BCUT2D eigenvalue weighted by molar-refractivity contribution is 6.12. The van der Waals surface area contributed by atoms with Crippen LogP contribution in [0.15, 0.2) is 46.9 Å². The second-order valence-electron chi connectivity index (χ2n) is 7.33. The molecule has 0 bridgehead atoms. The van der Waals surface area contributed by atoms with E-state index in [9.17, 15) is 20.1 Å². The van der Waals surface area contributed by atoms with Gasteiger partial charge in [-0.1, -0.05) is 30.3 Å². The SMILES string of the molecule is CNC(=O)c1c(-c2ccccc2)oc2ccc(O)c(CCN3CC(O)C(O)C3)c12. The lowest BCUT2D eigenvalue weighted by Gasteiger charge is -2.15. The van der Waals surface area contributed by atoms with E-state index in [1.165, 1.54) is 0 Å². The van der Waals surface area contributed by atoms with Crippen molar-refractivity contribution in [3.63, 3.8) is 0 Å². The minimum atomic E-state index is -0.764. The molecule has 1 aromatic heterocycles. The highest BCUT2D eigenvalue weighted by Crippen LogP contribution is 2.38. The number of hydrogen-bond donors (Lipinski definition) is 4. The Kier molecular flexibility index (Phi) is 5.27. The van der Waals surface area contributed by atoms with Crippen LogP contribution in [-0.4, -0.2) is 65.0 Å². The number of β-amino-alcohol motifs (C(OH)–C–C–N with tert-alkyl or cyclic N) is 2. The lowest BCUT2D eigenvalue weighted by molar-refractivity contribution is 0.0572. The van der Waals surface area contributed by atoms with E-state index in [1.807, 2.05) is 35.2 Å². The van der Waals surface area contributed by atoms with E-state index in [2.05, 4.69) is 5.32 Å². The molecule has 2 atom stereocenters. The highest BCUT2D eigenvalue weighted by Gasteiger charge is 2.30. The molecule has 2 heterocycles. The molecule has 0 radical (unpaired) electrons. The number of nitrogens with zero attached hydrogens (tertiary/aromatic N) is 1. The van der Waals surface area contributed by atoms with Crippen LogP contribution in [0.4, 0.5) is 0 Å². The summed E-state index contributed by atoms with van der Waals surface area (Å²) >= 11 is 0. The van der Waals surface area contributed by atoms with Gasteiger partial charge in [-0.25, -0.2) is 0 Å². The van der Waals surface area contributed by atoms with E-state index in [0.29, 0.717) is 53.9 Å². The summed E-state index contributed by atoms with van der Waals surface area (Å²) < 4.78 is 6.04. The average molecular weight is 396 g/mol. The fraction of sp³-hybridized carbons (Fsp3) is 0.318. The number of hydrogen-bond acceptors (Lipinski definition) is 6. The highest BCUT2D eigenvalue weighted by atomic mass is 16.3. The Balaban J connectivity index is 1.79. The van der Waals surface area contributed by atoms with Crippen LogP contribution in [0.2, 0.25) is 0 Å². The third-order valence-electron chi connectivity index (χ3n) is 5.44. The molecule has 1 fully saturated rings. The van der Waals surface area contributed by atoms with Crippen molar-refractivity contribution in [2.24, 2.45) is 0 Å². The van der Waals surface area contributed by atoms with Gasteiger partial charge in [0.2, 0.25) is 0 Å². The fourth-order valence-electron chi connectivity index (χ4n) is 3.94. The van der Waals surface area contributed by atoms with Crippen LogP contribution < -0.4 is 5.32 Å². The molecular weight excluding hydrogens is 372 g/mol. The molecule has 0 saturated carbocycles. The molecule has 0 spiro atoms. The molecular formula is C22H24N2O5. The van der Waals surface area contributed by atoms with Gasteiger partial charge < -0.3 is 25.1 Å². The number of nitrogens with one attached hydrogen (secondary N) is 1. The molecule has 7 nitrogen and oxygen atoms in total. The molecule has 1 amide bonds. The van der Waals surface area contributed by atoms with Crippen LogP contribution in [0.3, 0.4) is 0 Å². The number of furan rings is 1. The second-order valence-corrected chi connectivity index (χ2v) is 7.33. The van der Waals surface area contributed by atoms with Gasteiger partial charge in [-0.15, -0.1) is 0 Å². The molecule has 7 heteroatoms. The Morgan fingerprint density at radius 3 is 2.48 bits per heavy atom. The number of carbonyl (C=O) groups excluding carboxylic acids is 1. The maximum absolute atomic E-state index is 12.8. The van der Waals surface area contributed by atoms with E-state index >= 15 is 0 Å². The second kappa shape index (κ2) is 7.87. The van der Waals surface area contributed by atoms with Gasteiger partial charge in [0.1, 0.15) is 17.1 Å². The van der Waals surface area contributed by atoms with Gasteiger partial charge in [-0.05, 0) is 18.6 Å². The number of rotatable bonds is 5. The van der Waals surface area contributed by atoms with Gasteiger partial charge in [0.15, 0.2) is 0 Å². The average Bonchev–Trinajstić information content (AvgIpc) is 3.27. The number of amides is 1. The maximum atomic E-state index is 12.8. The lowest BCUT2D eigenvalue weighted by Crippen LogP contribution is -2.25. The van der Waals surface area contributed by atoms with Crippen LogP contribution in [-0.2, 0) is 6.42 Å². The number of aromatic hydroxyl groups is 1. The van der Waals surface area contributed by atoms with Crippen molar-refractivity contribution >= 4 is 16.9 Å². The Bertz CT molecular complexity index is 1020. The summed E-state index contributed by atoms with van der Waals surface area (Å²) in [5.74, 6) is 0.253. The zero-order chi connectivity index (χ0) is 20.5. The zero-order valence-corrected chi connectivity index (χ0v) is 16.1. The minimum Gasteiger partial charge on any atom is -0.508 e. The van der Waals surface area contributed by atoms with Crippen molar-refractivity contribution in [3.8, 4) is 17.1 Å². The number of carbonyl (C=O) groups is 1. The van der Waals surface area contributed by atoms with Crippen LogP contribution in [0, 0.1) is 0 Å². The fourth-order valence-corrected chi connectivity index (χ4v) is 3.94. The predicted octanol–water partition coefficient (Wildman–Crippen LogP) is 1.74. The minimum absolute atomic E-state index is 0.0864. The van der Waals surface area contributed by atoms with E-state index in [0.717, 1.165) is 5.56 Å². The van der Waals surface area contributed by atoms with E-state index < -0.39 is 12.2 Å². The summed E-state index contributed by atoms with van der Waals surface area (Å²) in [7, 11) is 1.56. The van der Waals surface area contributed by atoms with Gasteiger partial charge in [0, 0.05) is 43.2 Å². The van der Waals surface area contributed by atoms with Crippen LogP contribution in [0.5, 0.6) is 5.75 Å². The first-order valence-electron chi connectivity index (χ1n) is 9.63. The molecule has 2 aromatic carbocycles. The summed E-state index contributed by atoms with van der Waals surface area (Å²) in [5, 5.41) is 33.3. The van der Waals surface area contributed by atoms with Crippen molar-refractivity contribution in [1.82, 2.24) is 10.2 Å². The first-order valence-corrected chi connectivity index (χ1v) is 9.63. The summed E-state index contributed by atoms with van der Waals surface area (Å²) in [6.07, 6.45) is -1.08. The van der Waals surface area contributed by atoms with Crippen molar-refractivity contribution < 1.29 is 24.5 Å². The van der Waals surface area contributed by atoms with Gasteiger partial charge in [0.05, 0.1) is 17.8 Å². The molecule has 152 valence electrons. The smallest absolute Gasteiger partial charge is 0.255 e. The van der Waals surface area contributed by atoms with E-state index in [-0.39, 0.29) is 11.7 Å². The molecule has 1 aliphatic rings. The third-order valence-corrected chi connectivity index (χ3v) is 5.44. The number of aliphatic hydroxyl groups excluding tert-OH is 2. The number of likely N-dealkylation sites (tertiary alicyclic amines) is 1. The van der Waals surface area contributed by atoms with Gasteiger partial charge in [-0.3, -0.25) is 9.69 Å². The van der Waals surface area contributed by atoms with Crippen molar-refractivity contribution in [2.75, 3.05) is 26.7 Å².